The number of rotatable bonds is 8. The van der Waals surface area contributed by atoms with Gasteiger partial charge in [-0.1, -0.05) is 0 Å². The summed E-state index contributed by atoms with van der Waals surface area (Å²) in [5, 5.41) is 3.00. The Morgan fingerprint density at radius 3 is 2.52 bits per heavy atom. The molecule has 0 aliphatic carbocycles. The molecule has 8 nitrogen and oxygen atoms in total. The molecular formula is C25H31N3O5. The molecule has 176 valence electrons. The molecule has 0 atom stereocenters. The molecule has 8 heteroatoms. The number of carbonyl (C=O) groups excluding carboxylic acids is 1. The number of hydrogen-bond acceptors (Lipinski definition) is 7. The van der Waals surface area contributed by atoms with Crippen LogP contribution in [0, 0.1) is 6.92 Å². The fourth-order valence-corrected chi connectivity index (χ4v) is 4.12. The van der Waals surface area contributed by atoms with Crippen molar-refractivity contribution in [3.63, 3.8) is 0 Å². The molecule has 3 heterocycles. The monoisotopic (exact) mass is 453 g/mol. The summed E-state index contributed by atoms with van der Waals surface area (Å²) in [6.07, 6.45) is 0.955. The van der Waals surface area contributed by atoms with Gasteiger partial charge in [-0.15, -0.1) is 0 Å². The first-order chi connectivity index (χ1) is 15.9. The molecule has 1 saturated heterocycles. The van der Waals surface area contributed by atoms with Crippen LogP contribution >= 0.6 is 0 Å². The van der Waals surface area contributed by atoms with Gasteiger partial charge in [-0.25, -0.2) is 0 Å². The van der Waals surface area contributed by atoms with Crippen LogP contribution in [-0.2, 0) is 11.2 Å². The van der Waals surface area contributed by atoms with Crippen LogP contribution in [0.1, 0.15) is 17.7 Å². The SMILES string of the molecule is COc1ccc(-c2oc3c(=O)cc(C)oc3c2CC(=O)NCCCN2CCN(C)CC2)cc1. The Morgan fingerprint density at radius 1 is 1.09 bits per heavy atom. The highest BCUT2D eigenvalue weighted by atomic mass is 16.5. The van der Waals surface area contributed by atoms with Crippen molar-refractivity contribution in [1.29, 1.82) is 0 Å². The highest BCUT2D eigenvalue weighted by Crippen LogP contribution is 2.34. The second-order valence-corrected chi connectivity index (χ2v) is 8.54. The minimum atomic E-state index is -0.262. The van der Waals surface area contributed by atoms with Gasteiger partial charge in [0.2, 0.25) is 16.9 Å². The zero-order chi connectivity index (χ0) is 23.4. The molecule has 1 amide bonds. The summed E-state index contributed by atoms with van der Waals surface area (Å²) in [5.41, 5.74) is 1.52. The average molecular weight is 454 g/mol. The molecule has 0 unspecified atom stereocenters. The molecule has 0 saturated carbocycles. The number of amides is 1. The van der Waals surface area contributed by atoms with Crippen LogP contribution in [0.25, 0.3) is 22.5 Å². The van der Waals surface area contributed by atoms with Gasteiger partial charge in [-0.3, -0.25) is 9.59 Å². The molecule has 2 aromatic heterocycles. The van der Waals surface area contributed by atoms with E-state index < -0.39 is 0 Å². The lowest BCUT2D eigenvalue weighted by atomic mass is 10.1. The maximum Gasteiger partial charge on any atom is 0.228 e. The van der Waals surface area contributed by atoms with E-state index in [9.17, 15) is 9.59 Å². The van der Waals surface area contributed by atoms with E-state index in [-0.39, 0.29) is 23.3 Å². The first-order valence-electron chi connectivity index (χ1n) is 11.3. The number of furan rings is 1. The molecule has 1 aliphatic rings. The highest BCUT2D eigenvalue weighted by molar-refractivity contribution is 5.90. The van der Waals surface area contributed by atoms with Gasteiger partial charge in [-0.05, 0) is 51.2 Å². The predicted octanol–water partition coefficient (Wildman–Crippen LogP) is 2.67. The molecule has 3 aromatic rings. The van der Waals surface area contributed by atoms with Crippen molar-refractivity contribution in [2.75, 3.05) is 53.4 Å². The van der Waals surface area contributed by atoms with Crippen LogP contribution in [0.4, 0.5) is 0 Å². The van der Waals surface area contributed by atoms with Gasteiger partial charge in [0.1, 0.15) is 17.3 Å². The van der Waals surface area contributed by atoms with Crippen LogP contribution in [0.15, 0.2) is 44.0 Å². The maximum atomic E-state index is 12.8. The summed E-state index contributed by atoms with van der Waals surface area (Å²) in [6, 6.07) is 8.69. The Balaban J connectivity index is 1.48. The molecule has 0 radical (unpaired) electrons. The molecule has 1 aromatic carbocycles. The second kappa shape index (κ2) is 10.2. The Hall–Kier alpha value is -3.10. The number of ether oxygens (including phenoxy) is 1. The Morgan fingerprint density at radius 2 is 1.82 bits per heavy atom. The van der Waals surface area contributed by atoms with Crippen molar-refractivity contribution in [2.45, 2.75) is 19.8 Å². The largest absolute Gasteiger partial charge is 0.497 e. The average Bonchev–Trinajstić information content (AvgIpc) is 3.16. The quantitative estimate of drug-likeness (QED) is 0.525. The zero-order valence-corrected chi connectivity index (χ0v) is 19.5. The van der Waals surface area contributed by atoms with Crippen molar-refractivity contribution in [3.05, 3.63) is 51.9 Å². The number of likely N-dealkylation sites (N-methyl/N-ethyl adjacent to an activating group) is 1. The molecule has 0 bridgehead atoms. The van der Waals surface area contributed by atoms with E-state index in [1.165, 1.54) is 6.07 Å². The summed E-state index contributed by atoms with van der Waals surface area (Å²) in [4.78, 5) is 30.0. The number of aryl methyl sites for hydroxylation is 1. The summed E-state index contributed by atoms with van der Waals surface area (Å²) >= 11 is 0. The molecular weight excluding hydrogens is 422 g/mol. The van der Waals surface area contributed by atoms with Crippen LogP contribution < -0.4 is 15.5 Å². The molecule has 1 N–H and O–H groups in total. The van der Waals surface area contributed by atoms with Crippen LogP contribution in [0.5, 0.6) is 5.75 Å². The van der Waals surface area contributed by atoms with Gasteiger partial charge >= 0.3 is 0 Å². The van der Waals surface area contributed by atoms with Gasteiger partial charge in [0.15, 0.2) is 5.58 Å². The normalized spacial score (nSPS) is 15.1. The molecule has 1 fully saturated rings. The predicted molar refractivity (Wildman–Crippen MR) is 127 cm³/mol. The van der Waals surface area contributed by atoms with E-state index in [0.29, 0.717) is 35.0 Å². The number of fused-ring (bicyclic) bond motifs is 1. The Labute approximate surface area is 193 Å². The second-order valence-electron chi connectivity index (χ2n) is 8.54. The standard InChI is InChI=1S/C25H31N3O5/c1-17-15-21(29)25-24(32-17)20(23(33-25)18-5-7-19(31-3)8-6-18)16-22(30)26-9-4-10-28-13-11-27(2)12-14-28/h5-8,15H,4,9-14,16H2,1-3H3,(H,26,30). The van der Waals surface area contributed by atoms with Crippen molar-refractivity contribution in [3.8, 4) is 17.1 Å². The van der Waals surface area contributed by atoms with Gasteiger partial charge in [0.05, 0.1) is 19.1 Å². The lowest BCUT2D eigenvalue weighted by molar-refractivity contribution is -0.120. The zero-order valence-electron chi connectivity index (χ0n) is 19.5. The summed E-state index contributed by atoms with van der Waals surface area (Å²) < 4.78 is 17.0. The van der Waals surface area contributed by atoms with Gasteiger partial charge in [-0.2, -0.15) is 0 Å². The minimum absolute atomic E-state index is 0.0647. The lowest BCUT2D eigenvalue weighted by Gasteiger charge is -2.32. The smallest absolute Gasteiger partial charge is 0.228 e. The van der Waals surface area contributed by atoms with Crippen LogP contribution in [-0.4, -0.2) is 69.1 Å². The van der Waals surface area contributed by atoms with Crippen molar-refractivity contribution in [2.24, 2.45) is 0 Å². The third kappa shape index (κ3) is 5.46. The first kappa shape index (κ1) is 23.1. The van der Waals surface area contributed by atoms with Gasteiger partial charge < -0.3 is 28.7 Å². The number of piperazine rings is 1. The molecule has 1 aliphatic heterocycles. The fourth-order valence-electron chi connectivity index (χ4n) is 4.12. The van der Waals surface area contributed by atoms with E-state index in [4.69, 9.17) is 13.6 Å². The van der Waals surface area contributed by atoms with Crippen LogP contribution in [0.2, 0.25) is 0 Å². The van der Waals surface area contributed by atoms with Gasteiger partial charge in [0.25, 0.3) is 0 Å². The number of hydrogen-bond donors (Lipinski definition) is 1. The molecule has 4 rings (SSSR count). The number of nitrogens with one attached hydrogen (secondary N) is 1. The number of methoxy groups -OCH3 is 1. The van der Waals surface area contributed by atoms with Crippen molar-refractivity contribution >= 4 is 17.1 Å². The summed E-state index contributed by atoms with van der Waals surface area (Å²) in [5.74, 6) is 1.52. The lowest BCUT2D eigenvalue weighted by Crippen LogP contribution is -2.45. The van der Waals surface area contributed by atoms with E-state index >= 15 is 0 Å². The summed E-state index contributed by atoms with van der Waals surface area (Å²) in [7, 11) is 3.74. The van der Waals surface area contributed by atoms with Gasteiger partial charge in [0, 0.05) is 44.4 Å². The number of nitrogens with zero attached hydrogens (tertiary/aromatic N) is 2. The van der Waals surface area contributed by atoms with Crippen molar-refractivity contribution in [1.82, 2.24) is 15.1 Å². The number of benzene rings is 1. The topological polar surface area (TPSA) is 88.2 Å². The fraction of sp³-hybridized carbons (Fsp3) is 0.440. The Kier molecular flexibility index (Phi) is 7.15. The molecule has 0 spiro atoms. The van der Waals surface area contributed by atoms with Crippen molar-refractivity contribution < 1.29 is 18.4 Å². The van der Waals surface area contributed by atoms with E-state index in [2.05, 4.69) is 22.2 Å². The third-order valence-electron chi connectivity index (χ3n) is 6.04. The third-order valence-corrected chi connectivity index (χ3v) is 6.04. The minimum Gasteiger partial charge on any atom is -0.497 e. The molecule has 33 heavy (non-hydrogen) atoms. The van der Waals surface area contributed by atoms with E-state index in [1.54, 1.807) is 14.0 Å². The maximum absolute atomic E-state index is 12.8. The first-order valence-corrected chi connectivity index (χ1v) is 11.3. The summed E-state index contributed by atoms with van der Waals surface area (Å²) in [6.45, 7) is 7.57. The number of carbonyl (C=O) groups is 1. The van der Waals surface area contributed by atoms with E-state index in [1.807, 2.05) is 24.3 Å². The van der Waals surface area contributed by atoms with Crippen LogP contribution in [0.3, 0.4) is 0 Å². The highest BCUT2D eigenvalue weighted by Gasteiger charge is 2.23. The van der Waals surface area contributed by atoms with E-state index in [0.717, 1.165) is 44.7 Å². The Bertz CT molecular complexity index is 1160.